The number of likely N-dealkylation sites (N-methyl/N-ethyl adjacent to an activating group) is 1. The van der Waals surface area contributed by atoms with E-state index in [1.807, 2.05) is 13.8 Å². The summed E-state index contributed by atoms with van der Waals surface area (Å²) in [6.45, 7) is 15.1. The average molecular weight is 278 g/mol. The molecule has 0 fully saturated rings. The van der Waals surface area contributed by atoms with Crippen molar-refractivity contribution in [2.75, 3.05) is 26.2 Å². The van der Waals surface area contributed by atoms with E-state index in [2.05, 4.69) is 55.3 Å². The monoisotopic (exact) mass is 278 g/mol. The summed E-state index contributed by atoms with van der Waals surface area (Å²) in [5, 5.41) is 3.58. The molecule has 1 N–H and O–H groups in total. The molecule has 3 heteroatoms. The minimum atomic E-state index is 0.227. The summed E-state index contributed by atoms with van der Waals surface area (Å²) >= 11 is 0. The summed E-state index contributed by atoms with van der Waals surface area (Å²) in [6.07, 6.45) is 0.227. The standard InChI is InChI=1S/C17H30N2O/c1-6-19(7-2)13-12-18-15(5)16-8-10-17(11-9-16)20-14(3)4/h8-11,14-15,18H,6-7,12-13H2,1-5H3. The quantitative estimate of drug-likeness (QED) is 0.748. The van der Waals surface area contributed by atoms with E-state index < -0.39 is 0 Å². The van der Waals surface area contributed by atoms with Crippen LogP contribution in [-0.2, 0) is 0 Å². The highest BCUT2D eigenvalue weighted by Gasteiger charge is 2.06. The fraction of sp³-hybridized carbons (Fsp3) is 0.647. The van der Waals surface area contributed by atoms with E-state index in [-0.39, 0.29) is 6.10 Å². The number of hydrogen-bond acceptors (Lipinski definition) is 3. The molecule has 0 heterocycles. The first-order valence-electron chi connectivity index (χ1n) is 7.79. The summed E-state index contributed by atoms with van der Waals surface area (Å²) in [7, 11) is 0. The fourth-order valence-electron chi connectivity index (χ4n) is 2.20. The van der Waals surface area contributed by atoms with Crippen molar-refractivity contribution in [3.63, 3.8) is 0 Å². The van der Waals surface area contributed by atoms with Gasteiger partial charge in [0, 0.05) is 19.1 Å². The van der Waals surface area contributed by atoms with Gasteiger partial charge in [0.15, 0.2) is 0 Å². The van der Waals surface area contributed by atoms with E-state index in [1.54, 1.807) is 0 Å². The molecule has 3 nitrogen and oxygen atoms in total. The van der Waals surface area contributed by atoms with Crippen molar-refractivity contribution >= 4 is 0 Å². The highest BCUT2D eigenvalue weighted by atomic mass is 16.5. The highest BCUT2D eigenvalue weighted by Crippen LogP contribution is 2.18. The van der Waals surface area contributed by atoms with Crippen molar-refractivity contribution < 1.29 is 4.74 Å². The van der Waals surface area contributed by atoms with E-state index in [0.717, 1.165) is 31.9 Å². The minimum absolute atomic E-state index is 0.227. The number of nitrogens with zero attached hydrogens (tertiary/aromatic N) is 1. The Bertz CT molecular complexity index is 358. The van der Waals surface area contributed by atoms with Crippen molar-refractivity contribution in [2.24, 2.45) is 0 Å². The molecule has 0 saturated carbocycles. The maximum Gasteiger partial charge on any atom is 0.119 e. The van der Waals surface area contributed by atoms with Gasteiger partial charge < -0.3 is 15.0 Å². The van der Waals surface area contributed by atoms with Crippen LogP contribution in [0, 0.1) is 0 Å². The molecular weight excluding hydrogens is 248 g/mol. The van der Waals surface area contributed by atoms with Crippen LogP contribution in [0.5, 0.6) is 5.75 Å². The molecule has 114 valence electrons. The lowest BCUT2D eigenvalue weighted by Crippen LogP contribution is -2.33. The Morgan fingerprint density at radius 2 is 1.65 bits per heavy atom. The highest BCUT2D eigenvalue weighted by molar-refractivity contribution is 5.29. The van der Waals surface area contributed by atoms with Gasteiger partial charge in [-0.1, -0.05) is 26.0 Å². The largest absolute Gasteiger partial charge is 0.491 e. The van der Waals surface area contributed by atoms with Crippen LogP contribution >= 0.6 is 0 Å². The predicted octanol–water partition coefficient (Wildman–Crippen LogP) is 3.47. The molecule has 1 aromatic rings. The SMILES string of the molecule is CCN(CC)CCNC(C)c1ccc(OC(C)C)cc1. The molecule has 0 spiro atoms. The van der Waals surface area contributed by atoms with Crippen LogP contribution in [0.15, 0.2) is 24.3 Å². The summed E-state index contributed by atoms with van der Waals surface area (Å²) in [6, 6.07) is 8.77. The van der Waals surface area contributed by atoms with E-state index in [0.29, 0.717) is 6.04 Å². The first-order chi connectivity index (χ1) is 9.56. The lowest BCUT2D eigenvalue weighted by molar-refractivity contribution is 0.242. The summed E-state index contributed by atoms with van der Waals surface area (Å²) in [4.78, 5) is 2.43. The zero-order valence-corrected chi connectivity index (χ0v) is 13.6. The Kier molecular flexibility index (Phi) is 7.63. The zero-order chi connectivity index (χ0) is 15.0. The molecule has 0 aromatic heterocycles. The van der Waals surface area contributed by atoms with Gasteiger partial charge in [0.1, 0.15) is 5.75 Å². The third-order valence-corrected chi connectivity index (χ3v) is 3.52. The fourth-order valence-corrected chi connectivity index (χ4v) is 2.20. The smallest absolute Gasteiger partial charge is 0.119 e. The summed E-state index contributed by atoms with van der Waals surface area (Å²) in [5.41, 5.74) is 1.31. The summed E-state index contributed by atoms with van der Waals surface area (Å²) in [5.74, 6) is 0.944. The Morgan fingerprint density at radius 1 is 1.05 bits per heavy atom. The van der Waals surface area contributed by atoms with Gasteiger partial charge in [-0.25, -0.2) is 0 Å². The molecular formula is C17H30N2O. The van der Waals surface area contributed by atoms with Crippen LogP contribution in [0.25, 0.3) is 0 Å². The van der Waals surface area contributed by atoms with Crippen LogP contribution in [0.1, 0.15) is 46.2 Å². The Morgan fingerprint density at radius 3 is 2.15 bits per heavy atom. The second-order valence-electron chi connectivity index (χ2n) is 5.44. The lowest BCUT2D eigenvalue weighted by Gasteiger charge is -2.20. The normalized spacial score (nSPS) is 12.9. The molecule has 0 aliphatic rings. The molecule has 1 aromatic carbocycles. The predicted molar refractivity (Wildman–Crippen MR) is 86.4 cm³/mol. The van der Waals surface area contributed by atoms with Crippen LogP contribution in [0.3, 0.4) is 0 Å². The second kappa shape index (κ2) is 8.98. The van der Waals surface area contributed by atoms with Crippen LogP contribution < -0.4 is 10.1 Å². The number of rotatable bonds is 9. The van der Waals surface area contributed by atoms with Crippen LogP contribution in [0.2, 0.25) is 0 Å². The molecule has 0 aliphatic heterocycles. The van der Waals surface area contributed by atoms with Crippen molar-refractivity contribution in [2.45, 2.75) is 46.8 Å². The molecule has 1 rings (SSSR count). The maximum atomic E-state index is 5.66. The summed E-state index contributed by atoms with van der Waals surface area (Å²) < 4.78 is 5.66. The molecule has 0 radical (unpaired) electrons. The van der Waals surface area contributed by atoms with E-state index in [9.17, 15) is 0 Å². The Balaban J connectivity index is 2.41. The van der Waals surface area contributed by atoms with Crippen molar-refractivity contribution in [1.29, 1.82) is 0 Å². The molecule has 1 atom stereocenters. The Labute approximate surface area is 124 Å². The first-order valence-corrected chi connectivity index (χ1v) is 7.79. The molecule has 1 unspecified atom stereocenters. The minimum Gasteiger partial charge on any atom is -0.491 e. The molecule has 0 aliphatic carbocycles. The van der Waals surface area contributed by atoms with Crippen molar-refractivity contribution in [3.05, 3.63) is 29.8 Å². The third-order valence-electron chi connectivity index (χ3n) is 3.52. The van der Waals surface area contributed by atoms with Gasteiger partial charge in [-0.15, -0.1) is 0 Å². The molecule has 20 heavy (non-hydrogen) atoms. The van der Waals surface area contributed by atoms with Crippen LogP contribution in [0.4, 0.5) is 0 Å². The number of nitrogens with one attached hydrogen (secondary N) is 1. The average Bonchev–Trinajstić information content (AvgIpc) is 2.43. The zero-order valence-electron chi connectivity index (χ0n) is 13.6. The van der Waals surface area contributed by atoms with E-state index in [4.69, 9.17) is 4.74 Å². The maximum absolute atomic E-state index is 5.66. The van der Waals surface area contributed by atoms with Gasteiger partial charge in [-0.3, -0.25) is 0 Å². The first kappa shape index (κ1) is 17.0. The van der Waals surface area contributed by atoms with Crippen LogP contribution in [-0.4, -0.2) is 37.2 Å². The van der Waals surface area contributed by atoms with E-state index >= 15 is 0 Å². The van der Waals surface area contributed by atoms with Gasteiger partial charge in [-0.05, 0) is 51.6 Å². The van der Waals surface area contributed by atoms with Gasteiger partial charge >= 0.3 is 0 Å². The third kappa shape index (κ3) is 5.93. The number of ether oxygens (including phenoxy) is 1. The topological polar surface area (TPSA) is 24.5 Å². The van der Waals surface area contributed by atoms with Gasteiger partial charge in [0.05, 0.1) is 6.10 Å². The number of hydrogen-bond donors (Lipinski definition) is 1. The Hall–Kier alpha value is -1.06. The van der Waals surface area contributed by atoms with E-state index in [1.165, 1.54) is 5.56 Å². The van der Waals surface area contributed by atoms with Gasteiger partial charge in [0.25, 0.3) is 0 Å². The van der Waals surface area contributed by atoms with Crippen molar-refractivity contribution in [3.8, 4) is 5.75 Å². The van der Waals surface area contributed by atoms with Gasteiger partial charge in [0.2, 0.25) is 0 Å². The second-order valence-corrected chi connectivity index (χ2v) is 5.44. The molecule has 0 saturated heterocycles. The van der Waals surface area contributed by atoms with Gasteiger partial charge in [-0.2, -0.15) is 0 Å². The molecule has 0 amide bonds. The van der Waals surface area contributed by atoms with Crippen molar-refractivity contribution in [1.82, 2.24) is 10.2 Å². The number of benzene rings is 1. The molecule has 0 bridgehead atoms. The lowest BCUT2D eigenvalue weighted by atomic mass is 10.1.